The minimum atomic E-state index is -0.494. The first kappa shape index (κ1) is 12.1. The smallest absolute Gasteiger partial charge is 0.126 e. The van der Waals surface area contributed by atoms with Crippen molar-refractivity contribution in [2.24, 2.45) is 5.92 Å². The lowest BCUT2D eigenvalue weighted by molar-refractivity contribution is 0.502. The van der Waals surface area contributed by atoms with Gasteiger partial charge in [-0.3, -0.25) is 0 Å². The van der Waals surface area contributed by atoms with E-state index < -0.39 is 11.6 Å². The van der Waals surface area contributed by atoms with E-state index in [-0.39, 0.29) is 0 Å². The second-order valence-electron chi connectivity index (χ2n) is 3.98. The third-order valence-electron chi connectivity index (χ3n) is 2.40. The summed E-state index contributed by atoms with van der Waals surface area (Å²) in [4.78, 5) is 0. The van der Waals surface area contributed by atoms with Crippen molar-refractivity contribution in [1.29, 1.82) is 0 Å². The van der Waals surface area contributed by atoms with E-state index in [2.05, 4.69) is 12.2 Å². The van der Waals surface area contributed by atoms with E-state index in [1.54, 1.807) is 0 Å². The van der Waals surface area contributed by atoms with Crippen molar-refractivity contribution in [3.8, 4) is 0 Å². The van der Waals surface area contributed by atoms with Crippen LogP contribution < -0.4 is 5.32 Å². The van der Waals surface area contributed by atoms with Crippen molar-refractivity contribution in [1.82, 2.24) is 5.32 Å². The molecule has 0 radical (unpaired) electrons. The molecule has 0 aliphatic carbocycles. The molecule has 3 heteroatoms. The molecule has 1 aromatic carbocycles. The summed E-state index contributed by atoms with van der Waals surface area (Å²) in [6, 6.07) is 3.70. The molecular weight excluding hydrogens is 196 g/mol. The molecule has 1 nitrogen and oxygen atoms in total. The van der Waals surface area contributed by atoms with Crippen LogP contribution in [0.2, 0.25) is 0 Å². The fourth-order valence-corrected chi connectivity index (χ4v) is 1.62. The van der Waals surface area contributed by atoms with Gasteiger partial charge in [0.15, 0.2) is 0 Å². The molecule has 0 spiro atoms. The molecule has 0 aliphatic heterocycles. The molecule has 0 fully saturated rings. The molecule has 0 bridgehead atoms. The number of aryl methyl sites for hydroxylation is 1. The lowest BCUT2D eigenvalue weighted by atomic mass is 10.0. The van der Waals surface area contributed by atoms with Crippen molar-refractivity contribution in [3.05, 3.63) is 35.4 Å². The van der Waals surface area contributed by atoms with Gasteiger partial charge in [0.1, 0.15) is 11.6 Å². The third kappa shape index (κ3) is 4.38. The third-order valence-corrected chi connectivity index (χ3v) is 2.40. The molecule has 0 aliphatic rings. The maximum atomic E-state index is 12.8. The standard InChI is InChI=1S/C12H17F2N/c1-9(8-15-2)3-4-10-5-11(13)7-12(14)6-10/h5-7,9,15H,3-4,8H2,1-2H3. The minimum Gasteiger partial charge on any atom is -0.319 e. The molecule has 0 amide bonds. The highest BCUT2D eigenvalue weighted by Gasteiger charge is 2.04. The molecule has 1 unspecified atom stereocenters. The van der Waals surface area contributed by atoms with Crippen molar-refractivity contribution in [2.75, 3.05) is 13.6 Å². The predicted molar refractivity (Wildman–Crippen MR) is 57.8 cm³/mol. The molecule has 0 aromatic heterocycles. The number of rotatable bonds is 5. The van der Waals surface area contributed by atoms with Gasteiger partial charge in [-0.05, 0) is 50.0 Å². The molecule has 15 heavy (non-hydrogen) atoms. The monoisotopic (exact) mass is 213 g/mol. The minimum absolute atomic E-state index is 0.494. The SMILES string of the molecule is CNCC(C)CCc1cc(F)cc(F)c1. The Morgan fingerprint density at radius 2 is 1.80 bits per heavy atom. The van der Waals surface area contributed by atoms with Gasteiger partial charge in [-0.2, -0.15) is 0 Å². The van der Waals surface area contributed by atoms with Crippen LogP contribution in [-0.2, 0) is 6.42 Å². The Labute approximate surface area is 89.5 Å². The van der Waals surface area contributed by atoms with Gasteiger partial charge in [0.25, 0.3) is 0 Å². The Morgan fingerprint density at radius 3 is 2.33 bits per heavy atom. The Hall–Kier alpha value is -0.960. The lowest BCUT2D eigenvalue weighted by Gasteiger charge is -2.10. The fraction of sp³-hybridized carbons (Fsp3) is 0.500. The van der Waals surface area contributed by atoms with Gasteiger partial charge in [-0.1, -0.05) is 6.92 Å². The van der Waals surface area contributed by atoms with Crippen LogP contribution in [0.15, 0.2) is 18.2 Å². The molecule has 0 heterocycles. The van der Waals surface area contributed by atoms with Gasteiger partial charge in [-0.15, -0.1) is 0 Å². The maximum Gasteiger partial charge on any atom is 0.126 e. The zero-order valence-electron chi connectivity index (χ0n) is 9.19. The molecule has 84 valence electrons. The van der Waals surface area contributed by atoms with Crippen molar-refractivity contribution < 1.29 is 8.78 Å². The highest BCUT2D eigenvalue weighted by Crippen LogP contribution is 2.12. The van der Waals surface area contributed by atoms with Crippen molar-refractivity contribution in [3.63, 3.8) is 0 Å². The van der Waals surface area contributed by atoms with E-state index in [1.807, 2.05) is 7.05 Å². The van der Waals surface area contributed by atoms with Gasteiger partial charge in [-0.25, -0.2) is 8.78 Å². The number of benzene rings is 1. The number of nitrogens with one attached hydrogen (secondary N) is 1. The fourth-order valence-electron chi connectivity index (χ4n) is 1.62. The summed E-state index contributed by atoms with van der Waals surface area (Å²) >= 11 is 0. The number of hydrogen-bond donors (Lipinski definition) is 1. The predicted octanol–water partition coefficient (Wildman–Crippen LogP) is 2.75. The molecule has 0 saturated carbocycles. The normalized spacial score (nSPS) is 12.8. The molecule has 1 aromatic rings. The first-order chi connectivity index (χ1) is 7.11. The van der Waals surface area contributed by atoms with Gasteiger partial charge >= 0.3 is 0 Å². The topological polar surface area (TPSA) is 12.0 Å². The Balaban J connectivity index is 2.50. The van der Waals surface area contributed by atoms with Crippen LogP contribution in [0.1, 0.15) is 18.9 Å². The van der Waals surface area contributed by atoms with E-state index in [9.17, 15) is 8.78 Å². The van der Waals surface area contributed by atoms with Crippen LogP contribution in [0.5, 0.6) is 0 Å². The van der Waals surface area contributed by atoms with Gasteiger partial charge in [0.05, 0.1) is 0 Å². The van der Waals surface area contributed by atoms with Gasteiger partial charge in [0.2, 0.25) is 0 Å². The number of hydrogen-bond acceptors (Lipinski definition) is 1. The summed E-state index contributed by atoms with van der Waals surface area (Å²) in [5, 5.41) is 3.08. The summed E-state index contributed by atoms with van der Waals surface area (Å²) in [5.74, 6) is -0.473. The molecule has 1 rings (SSSR count). The van der Waals surface area contributed by atoms with Gasteiger partial charge < -0.3 is 5.32 Å². The van der Waals surface area contributed by atoms with E-state index in [0.29, 0.717) is 5.92 Å². The van der Waals surface area contributed by atoms with Crippen LogP contribution in [0.25, 0.3) is 0 Å². The van der Waals surface area contributed by atoms with Crippen LogP contribution in [0.4, 0.5) is 8.78 Å². The molecule has 1 atom stereocenters. The van der Waals surface area contributed by atoms with Crippen molar-refractivity contribution in [2.45, 2.75) is 19.8 Å². The van der Waals surface area contributed by atoms with Crippen LogP contribution >= 0.6 is 0 Å². The first-order valence-electron chi connectivity index (χ1n) is 5.21. The molecular formula is C12H17F2N. The zero-order chi connectivity index (χ0) is 11.3. The first-order valence-corrected chi connectivity index (χ1v) is 5.21. The van der Waals surface area contributed by atoms with Crippen LogP contribution in [-0.4, -0.2) is 13.6 Å². The van der Waals surface area contributed by atoms with E-state index in [4.69, 9.17) is 0 Å². The molecule has 0 saturated heterocycles. The Morgan fingerprint density at radius 1 is 1.20 bits per heavy atom. The van der Waals surface area contributed by atoms with E-state index >= 15 is 0 Å². The quantitative estimate of drug-likeness (QED) is 0.793. The van der Waals surface area contributed by atoms with Crippen molar-refractivity contribution >= 4 is 0 Å². The highest BCUT2D eigenvalue weighted by atomic mass is 19.1. The van der Waals surface area contributed by atoms with E-state index in [1.165, 1.54) is 12.1 Å². The number of halogens is 2. The van der Waals surface area contributed by atoms with E-state index in [0.717, 1.165) is 31.0 Å². The van der Waals surface area contributed by atoms with Crippen LogP contribution in [0, 0.1) is 17.6 Å². The average Bonchev–Trinajstić information content (AvgIpc) is 2.14. The van der Waals surface area contributed by atoms with Crippen LogP contribution in [0.3, 0.4) is 0 Å². The second kappa shape index (κ2) is 5.81. The summed E-state index contributed by atoms with van der Waals surface area (Å²) < 4.78 is 25.7. The lowest BCUT2D eigenvalue weighted by Crippen LogP contribution is -2.16. The summed E-state index contributed by atoms with van der Waals surface area (Å²) in [6.07, 6.45) is 1.65. The maximum absolute atomic E-state index is 12.8. The summed E-state index contributed by atoms with van der Waals surface area (Å²) in [6.45, 7) is 3.05. The Bertz CT molecular complexity index is 292. The summed E-state index contributed by atoms with van der Waals surface area (Å²) in [7, 11) is 1.90. The summed E-state index contributed by atoms with van der Waals surface area (Å²) in [5.41, 5.74) is 0.732. The average molecular weight is 213 g/mol. The largest absolute Gasteiger partial charge is 0.319 e. The second-order valence-corrected chi connectivity index (χ2v) is 3.98. The highest BCUT2D eigenvalue weighted by molar-refractivity contribution is 5.17. The zero-order valence-corrected chi connectivity index (χ0v) is 9.19. The molecule has 1 N–H and O–H groups in total. The Kier molecular flexibility index (Phi) is 4.69. The van der Waals surface area contributed by atoms with Gasteiger partial charge in [0, 0.05) is 6.07 Å².